The van der Waals surface area contributed by atoms with E-state index < -0.39 is 22.5 Å². The summed E-state index contributed by atoms with van der Waals surface area (Å²) in [4.78, 5) is 15.9. The molecule has 1 aromatic rings. The molecule has 21 heavy (non-hydrogen) atoms. The average Bonchev–Trinajstić information content (AvgIpc) is 2.91. The van der Waals surface area contributed by atoms with Crippen molar-refractivity contribution in [2.75, 3.05) is 13.1 Å². The monoisotopic (exact) mass is 331 g/mol. The zero-order valence-electron chi connectivity index (χ0n) is 10.9. The number of hydrogen-bond acceptors (Lipinski definition) is 6. The van der Waals surface area contributed by atoms with Gasteiger partial charge in [-0.15, -0.1) is 15.6 Å². The maximum Gasteiger partial charge on any atom is 0.418 e. The number of carbonyl (C=O) groups is 1. The number of urea groups is 1. The quantitative estimate of drug-likeness (QED) is 0.762. The third kappa shape index (κ3) is 2.06. The van der Waals surface area contributed by atoms with E-state index >= 15 is 0 Å². The molecular formula is C11H13N3O5S2. The Morgan fingerprint density at radius 3 is 2.95 bits per heavy atom. The SMILES string of the molecule is O=C1N2Cc3c(sc4c3CNCC4)C(C2)N1OS(=O)(=O)O. The summed E-state index contributed by atoms with van der Waals surface area (Å²) in [7, 11) is -4.71. The predicted octanol–water partition coefficient (Wildman–Crippen LogP) is 0.421. The number of nitrogens with zero attached hydrogens (tertiary/aromatic N) is 2. The van der Waals surface area contributed by atoms with E-state index in [0.717, 1.165) is 35.0 Å². The summed E-state index contributed by atoms with van der Waals surface area (Å²) in [5.74, 6) is 0. The van der Waals surface area contributed by atoms with Crippen molar-refractivity contribution in [1.82, 2.24) is 15.3 Å². The highest BCUT2D eigenvalue weighted by Crippen LogP contribution is 2.45. The number of hydroxylamine groups is 2. The van der Waals surface area contributed by atoms with Gasteiger partial charge < -0.3 is 10.2 Å². The van der Waals surface area contributed by atoms with E-state index in [0.29, 0.717) is 13.1 Å². The van der Waals surface area contributed by atoms with Gasteiger partial charge in [0.05, 0.1) is 6.54 Å². The van der Waals surface area contributed by atoms with Gasteiger partial charge in [-0.1, -0.05) is 0 Å². The molecule has 0 radical (unpaired) electrons. The summed E-state index contributed by atoms with van der Waals surface area (Å²) in [6.45, 7) is 2.54. The molecule has 10 heteroatoms. The number of thiophene rings is 1. The van der Waals surface area contributed by atoms with E-state index in [1.165, 1.54) is 10.4 Å². The van der Waals surface area contributed by atoms with Gasteiger partial charge in [-0.05, 0) is 17.5 Å². The lowest BCUT2D eigenvalue weighted by Gasteiger charge is -2.23. The number of rotatable bonds is 2. The van der Waals surface area contributed by atoms with Crippen molar-refractivity contribution >= 4 is 27.8 Å². The van der Waals surface area contributed by atoms with Crippen LogP contribution in [0.4, 0.5) is 4.79 Å². The van der Waals surface area contributed by atoms with Gasteiger partial charge in [-0.25, -0.2) is 4.79 Å². The van der Waals surface area contributed by atoms with Crippen LogP contribution in [0.15, 0.2) is 0 Å². The molecule has 0 aromatic carbocycles. The molecular weight excluding hydrogens is 318 g/mol. The lowest BCUT2D eigenvalue weighted by Crippen LogP contribution is -2.32. The first-order valence-electron chi connectivity index (χ1n) is 6.53. The van der Waals surface area contributed by atoms with E-state index in [9.17, 15) is 13.2 Å². The van der Waals surface area contributed by atoms with Gasteiger partial charge in [-0.3, -0.25) is 4.55 Å². The first-order valence-corrected chi connectivity index (χ1v) is 8.71. The molecule has 1 saturated heterocycles. The molecule has 1 unspecified atom stereocenters. The number of carbonyl (C=O) groups excluding carboxylic acids is 1. The van der Waals surface area contributed by atoms with Crippen molar-refractivity contribution in [3.05, 3.63) is 20.9 Å². The Labute approximate surface area is 125 Å². The van der Waals surface area contributed by atoms with Crippen molar-refractivity contribution < 1.29 is 22.0 Å². The van der Waals surface area contributed by atoms with Crippen LogP contribution in [0.25, 0.3) is 0 Å². The van der Waals surface area contributed by atoms with Crippen molar-refractivity contribution in [3.63, 3.8) is 0 Å². The van der Waals surface area contributed by atoms with Gasteiger partial charge in [-0.2, -0.15) is 13.5 Å². The molecule has 114 valence electrons. The largest absolute Gasteiger partial charge is 0.418 e. The lowest BCUT2D eigenvalue weighted by molar-refractivity contribution is -0.0307. The van der Waals surface area contributed by atoms with Gasteiger partial charge in [0, 0.05) is 29.4 Å². The number of amides is 2. The van der Waals surface area contributed by atoms with Crippen molar-refractivity contribution in [2.24, 2.45) is 0 Å². The summed E-state index contributed by atoms with van der Waals surface area (Å²) in [6, 6.07) is -1.00. The van der Waals surface area contributed by atoms with Crippen LogP contribution in [0, 0.1) is 0 Å². The first kappa shape index (κ1) is 13.5. The summed E-state index contributed by atoms with van der Waals surface area (Å²) < 4.78 is 35.2. The molecule has 4 rings (SSSR count). The van der Waals surface area contributed by atoms with E-state index in [1.54, 1.807) is 16.2 Å². The molecule has 2 bridgehead atoms. The first-order chi connectivity index (χ1) is 9.94. The van der Waals surface area contributed by atoms with Gasteiger partial charge >= 0.3 is 16.4 Å². The van der Waals surface area contributed by atoms with Gasteiger partial charge in [0.2, 0.25) is 0 Å². The van der Waals surface area contributed by atoms with Crippen molar-refractivity contribution in [2.45, 2.75) is 25.6 Å². The number of hydrogen-bond donors (Lipinski definition) is 2. The molecule has 1 atom stereocenters. The molecule has 1 aromatic heterocycles. The minimum Gasteiger partial charge on any atom is -0.316 e. The Balaban J connectivity index is 1.77. The second kappa shape index (κ2) is 4.40. The zero-order chi connectivity index (χ0) is 14.8. The fourth-order valence-electron chi connectivity index (χ4n) is 3.17. The molecule has 1 fully saturated rings. The molecule has 3 aliphatic rings. The molecule has 3 aliphatic heterocycles. The fourth-order valence-corrected chi connectivity index (χ4v) is 4.95. The maximum absolute atomic E-state index is 12.1. The Hall–Kier alpha value is -1.20. The fraction of sp³-hybridized carbons (Fsp3) is 0.545. The van der Waals surface area contributed by atoms with E-state index in [1.807, 2.05) is 0 Å². The Morgan fingerprint density at radius 1 is 1.38 bits per heavy atom. The summed E-state index contributed by atoms with van der Waals surface area (Å²) in [6.07, 6.45) is 0.937. The highest BCUT2D eigenvalue weighted by atomic mass is 32.3. The van der Waals surface area contributed by atoms with Crippen LogP contribution in [-0.2, 0) is 34.2 Å². The predicted molar refractivity (Wildman–Crippen MR) is 72.7 cm³/mol. The van der Waals surface area contributed by atoms with Crippen LogP contribution in [0.1, 0.15) is 26.9 Å². The van der Waals surface area contributed by atoms with Crippen molar-refractivity contribution in [1.29, 1.82) is 0 Å². The number of fused-ring (bicyclic) bond motifs is 6. The highest BCUT2D eigenvalue weighted by molar-refractivity contribution is 7.80. The number of nitrogens with one attached hydrogen (secondary N) is 1. The third-order valence-corrected chi connectivity index (χ3v) is 5.81. The Bertz CT molecular complexity index is 728. The zero-order valence-corrected chi connectivity index (χ0v) is 12.5. The van der Waals surface area contributed by atoms with Crippen LogP contribution in [0.5, 0.6) is 0 Å². The van der Waals surface area contributed by atoms with E-state index in [4.69, 9.17) is 4.55 Å². The third-order valence-electron chi connectivity index (χ3n) is 4.02. The van der Waals surface area contributed by atoms with Crippen LogP contribution in [0.3, 0.4) is 0 Å². The highest BCUT2D eigenvalue weighted by Gasteiger charge is 2.48. The maximum atomic E-state index is 12.1. The van der Waals surface area contributed by atoms with Crippen LogP contribution >= 0.6 is 11.3 Å². The molecule has 0 saturated carbocycles. The van der Waals surface area contributed by atoms with Gasteiger partial charge in [0.1, 0.15) is 6.04 Å². The van der Waals surface area contributed by atoms with Crippen LogP contribution in [-0.4, -0.2) is 42.1 Å². The smallest absolute Gasteiger partial charge is 0.316 e. The van der Waals surface area contributed by atoms with Crippen LogP contribution in [0.2, 0.25) is 0 Å². The molecule has 2 amide bonds. The molecule has 0 aliphatic carbocycles. The Kier molecular flexibility index (Phi) is 2.82. The van der Waals surface area contributed by atoms with E-state index in [2.05, 4.69) is 9.60 Å². The normalized spacial score (nSPS) is 24.2. The van der Waals surface area contributed by atoms with E-state index in [-0.39, 0.29) is 0 Å². The van der Waals surface area contributed by atoms with Crippen molar-refractivity contribution in [3.8, 4) is 0 Å². The second-order valence-electron chi connectivity index (χ2n) is 5.28. The molecule has 8 nitrogen and oxygen atoms in total. The minimum atomic E-state index is -4.71. The average molecular weight is 331 g/mol. The Morgan fingerprint density at radius 2 is 2.19 bits per heavy atom. The minimum absolute atomic E-state index is 0.383. The molecule has 0 spiro atoms. The second-order valence-corrected chi connectivity index (χ2v) is 7.42. The molecule has 4 heterocycles. The molecule has 2 N–H and O–H groups in total. The summed E-state index contributed by atoms with van der Waals surface area (Å²) >= 11 is 1.61. The summed E-state index contributed by atoms with van der Waals surface area (Å²) in [5.41, 5.74) is 2.31. The topological polar surface area (TPSA) is 99.2 Å². The standard InChI is InChI=1S/C11H13N3O5S2/c15-11-13-4-7-6-3-12-2-1-9(6)20-10(7)8(5-13)14(11)19-21(16,17)18/h8,12H,1-5H2,(H,16,17,18). The van der Waals surface area contributed by atoms with Gasteiger partial charge in [0.15, 0.2) is 0 Å². The lowest BCUT2D eigenvalue weighted by atomic mass is 9.99. The van der Waals surface area contributed by atoms with Gasteiger partial charge in [0.25, 0.3) is 0 Å². The van der Waals surface area contributed by atoms with Crippen LogP contribution < -0.4 is 5.32 Å². The summed E-state index contributed by atoms with van der Waals surface area (Å²) in [5, 5.41) is 4.08.